The van der Waals surface area contributed by atoms with Crippen LogP contribution in [-0.2, 0) is 22.7 Å². The number of hydrogen-bond acceptors (Lipinski definition) is 8. The van der Waals surface area contributed by atoms with Crippen molar-refractivity contribution in [2.45, 2.75) is 19.6 Å². The zero-order valence-electron chi connectivity index (χ0n) is 18.4. The van der Waals surface area contributed by atoms with Gasteiger partial charge in [-0.1, -0.05) is 18.2 Å². The summed E-state index contributed by atoms with van der Waals surface area (Å²) in [6.07, 6.45) is -1.73. The molecule has 0 radical (unpaired) electrons. The van der Waals surface area contributed by atoms with Crippen LogP contribution in [0.5, 0.6) is 0 Å². The molecule has 0 amide bonds. The number of ketones is 1. The molecule has 2 aromatic heterocycles. The summed E-state index contributed by atoms with van der Waals surface area (Å²) >= 11 is 0. The summed E-state index contributed by atoms with van der Waals surface area (Å²) in [7, 11) is -2.34. The number of rotatable bonds is 8. The van der Waals surface area contributed by atoms with E-state index in [1.165, 1.54) is 38.4 Å². The molecule has 0 fully saturated rings. The van der Waals surface area contributed by atoms with E-state index in [0.29, 0.717) is 23.0 Å². The maximum atomic E-state index is 13.6. The van der Waals surface area contributed by atoms with E-state index in [2.05, 4.69) is 25.6 Å². The van der Waals surface area contributed by atoms with E-state index in [1.54, 1.807) is 18.2 Å². The highest BCUT2D eigenvalue weighted by atomic mass is 32.2. The molecule has 9 nitrogen and oxygen atoms in total. The minimum Gasteiger partial charge on any atom is -0.365 e. The van der Waals surface area contributed by atoms with Crippen molar-refractivity contribution in [3.05, 3.63) is 65.5 Å². The number of hydrogen-bond donors (Lipinski definition) is 2. The summed E-state index contributed by atoms with van der Waals surface area (Å²) in [6.45, 7) is 1.20. The number of sulfonamides is 1. The van der Waals surface area contributed by atoms with Gasteiger partial charge >= 0.3 is 6.18 Å². The lowest BCUT2D eigenvalue weighted by molar-refractivity contribution is -0.137. The molecule has 2 N–H and O–H groups in total. The van der Waals surface area contributed by atoms with Gasteiger partial charge in [-0.3, -0.25) is 9.10 Å². The first-order valence-electron chi connectivity index (χ1n) is 9.80. The van der Waals surface area contributed by atoms with Crippen LogP contribution in [0.3, 0.4) is 0 Å². The van der Waals surface area contributed by atoms with Crippen LogP contribution in [-0.4, -0.2) is 42.5 Å². The molecule has 0 saturated carbocycles. The molecule has 13 heteroatoms. The predicted molar refractivity (Wildman–Crippen MR) is 122 cm³/mol. The third kappa shape index (κ3) is 5.98. The van der Waals surface area contributed by atoms with Crippen LogP contribution in [0.4, 0.5) is 36.4 Å². The molecule has 34 heavy (non-hydrogen) atoms. The van der Waals surface area contributed by atoms with E-state index >= 15 is 0 Å². The lowest BCUT2D eigenvalue weighted by atomic mass is 10.1. The molecule has 0 spiro atoms. The van der Waals surface area contributed by atoms with Crippen LogP contribution >= 0.6 is 0 Å². The second kappa shape index (κ2) is 9.63. The highest BCUT2D eigenvalue weighted by molar-refractivity contribution is 7.92. The second-order valence-corrected chi connectivity index (χ2v) is 9.30. The van der Waals surface area contributed by atoms with Gasteiger partial charge in [0.1, 0.15) is 17.2 Å². The number of Topliss-reactive ketones (excluding diaryl/α,β-unsaturated/α-hetero) is 1. The fourth-order valence-corrected chi connectivity index (χ4v) is 3.40. The Morgan fingerprint density at radius 2 is 1.88 bits per heavy atom. The predicted octanol–water partition coefficient (Wildman–Crippen LogP) is 3.84. The van der Waals surface area contributed by atoms with Crippen LogP contribution in [0.2, 0.25) is 0 Å². The number of nitrogens with zero attached hydrogens (tertiary/aromatic N) is 4. The van der Waals surface area contributed by atoms with Crippen molar-refractivity contribution in [1.82, 2.24) is 15.0 Å². The van der Waals surface area contributed by atoms with Gasteiger partial charge in [-0.15, -0.1) is 0 Å². The fraction of sp³-hybridized carbons (Fsp3) is 0.238. The van der Waals surface area contributed by atoms with Gasteiger partial charge in [0.25, 0.3) is 0 Å². The fourth-order valence-electron chi connectivity index (χ4n) is 2.92. The summed E-state index contributed by atoms with van der Waals surface area (Å²) in [5.74, 6) is -0.745. The Labute approximate surface area is 194 Å². The van der Waals surface area contributed by atoms with Crippen LogP contribution in [0, 0.1) is 0 Å². The molecule has 0 unspecified atom stereocenters. The molecular weight excluding hydrogens is 473 g/mol. The number of carbonyl (C=O) groups is 1. The maximum Gasteiger partial charge on any atom is 0.421 e. The van der Waals surface area contributed by atoms with E-state index in [9.17, 15) is 26.4 Å². The molecule has 3 aromatic rings. The normalized spacial score (nSPS) is 11.7. The lowest BCUT2D eigenvalue weighted by Crippen LogP contribution is -2.27. The summed E-state index contributed by atoms with van der Waals surface area (Å²) in [4.78, 5) is 23.3. The second-order valence-electron chi connectivity index (χ2n) is 7.29. The zero-order valence-corrected chi connectivity index (χ0v) is 19.2. The van der Waals surface area contributed by atoms with Gasteiger partial charge in [0, 0.05) is 42.8 Å². The molecule has 2 heterocycles. The van der Waals surface area contributed by atoms with E-state index in [4.69, 9.17) is 0 Å². The largest absolute Gasteiger partial charge is 0.421 e. The van der Waals surface area contributed by atoms with Crippen molar-refractivity contribution >= 4 is 39.1 Å². The Hall–Kier alpha value is -3.74. The van der Waals surface area contributed by atoms with Crippen molar-refractivity contribution in [2.24, 2.45) is 0 Å². The highest BCUT2D eigenvalue weighted by Gasteiger charge is 2.35. The van der Waals surface area contributed by atoms with Crippen molar-refractivity contribution in [3.63, 3.8) is 0 Å². The van der Waals surface area contributed by atoms with Gasteiger partial charge in [0.2, 0.25) is 16.0 Å². The minimum absolute atomic E-state index is 0.0690. The third-order valence-electron chi connectivity index (χ3n) is 4.73. The van der Waals surface area contributed by atoms with Crippen molar-refractivity contribution in [3.8, 4) is 0 Å². The summed E-state index contributed by atoms with van der Waals surface area (Å²) in [5.41, 5.74) is 0.0698. The quantitative estimate of drug-likeness (QED) is 0.454. The Kier molecular flexibility index (Phi) is 7.05. The molecular formula is C21H21F3N6O3S. The van der Waals surface area contributed by atoms with Gasteiger partial charge in [0.15, 0.2) is 5.78 Å². The Morgan fingerprint density at radius 1 is 1.15 bits per heavy atom. The van der Waals surface area contributed by atoms with Gasteiger partial charge in [0.05, 0.1) is 6.26 Å². The third-order valence-corrected chi connectivity index (χ3v) is 5.90. The topological polar surface area (TPSA) is 117 Å². The molecule has 180 valence electrons. The SMILES string of the molecule is CC(=O)c1cccc(Nc2ncc(C(F)(F)F)c(NCc3cccnc3N(C)S(C)(=O)=O)n2)c1. The molecule has 1 aromatic carbocycles. The van der Waals surface area contributed by atoms with E-state index in [1.807, 2.05) is 0 Å². The van der Waals surface area contributed by atoms with Crippen molar-refractivity contribution in [2.75, 3.05) is 28.2 Å². The van der Waals surface area contributed by atoms with Crippen LogP contribution < -0.4 is 14.9 Å². The van der Waals surface area contributed by atoms with Crippen LogP contribution in [0.15, 0.2) is 48.8 Å². The molecule has 0 aliphatic rings. The molecule has 0 aliphatic carbocycles. The maximum absolute atomic E-state index is 13.6. The molecule has 3 rings (SSSR count). The van der Waals surface area contributed by atoms with Gasteiger partial charge in [-0.05, 0) is 25.1 Å². The first kappa shape index (κ1) is 24.9. The Balaban J connectivity index is 1.92. The highest BCUT2D eigenvalue weighted by Crippen LogP contribution is 2.34. The molecule has 0 saturated heterocycles. The van der Waals surface area contributed by atoms with Gasteiger partial charge < -0.3 is 10.6 Å². The summed E-state index contributed by atoms with van der Waals surface area (Å²) in [6, 6.07) is 9.44. The van der Waals surface area contributed by atoms with Crippen molar-refractivity contribution in [1.29, 1.82) is 0 Å². The van der Waals surface area contributed by atoms with Crippen molar-refractivity contribution < 1.29 is 26.4 Å². The first-order valence-corrected chi connectivity index (χ1v) is 11.6. The molecule has 0 aliphatic heterocycles. The average molecular weight is 494 g/mol. The Bertz CT molecular complexity index is 1320. The summed E-state index contributed by atoms with van der Waals surface area (Å²) in [5, 5.41) is 5.40. The monoisotopic (exact) mass is 494 g/mol. The molecule has 0 atom stereocenters. The number of alkyl halides is 3. The minimum atomic E-state index is -4.74. The lowest BCUT2D eigenvalue weighted by Gasteiger charge is -2.20. The number of pyridine rings is 1. The van der Waals surface area contributed by atoms with Crippen LogP contribution in [0.25, 0.3) is 0 Å². The number of anilines is 4. The van der Waals surface area contributed by atoms with E-state index in [0.717, 1.165) is 10.6 Å². The number of halogens is 3. The zero-order chi connectivity index (χ0) is 25.1. The van der Waals surface area contributed by atoms with Crippen LogP contribution in [0.1, 0.15) is 28.4 Å². The first-order chi connectivity index (χ1) is 15.9. The smallest absolute Gasteiger partial charge is 0.365 e. The van der Waals surface area contributed by atoms with Gasteiger partial charge in [-0.25, -0.2) is 18.4 Å². The van der Waals surface area contributed by atoms with E-state index in [-0.39, 0.29) is 24.1 Å². The number of nitrogens with one attached hydrogen (secondary N) is 2. The average Bonchev–Trinajstić information content (AvgIpc) is 2.76. The molecule has 0 bridgehead atoms. The van der Waals surface area contributed by atoms with E-state index < -0.39 is 27.6 Å². The summed E-state index contributed by atoms with van der Waals surface area (Å²) < 4.78 is 65.4. The number of benzene rings is 1. The van der Waals surface area contributed by atoms with Gasteiger partial charge in [-0.2, -0.15) is 18.2 Å². The Morgan fingerprint density at radius 3 is 2.53 bits per heavy atom. The number of carbonyl (C=O) groups excluding carboxylic acids is 1. The number of aromatic nitrogens is 3. The standard InChI is InChI=1S/C21H21F3N6O3S/c1-13(31)14-6-4-8-16(10-14)28-20-27-12-17(21(22,23)24)18(29-20)26-11-15-7-5-9-25-19(15)30(2)34(3,32)33/h4-10,12H,11H2,1-3H3,(H2,26,27,28,29).